The molecule has 1 aliphatic carbocycles. The summed E-state index contributed by atoms with van der Waals surface area (Å²) in [6.45, 7) is 4.23. The minimum absolute atomic E-state index is 0.132. The zero-order valence-electron chi connectivity index (χ0n) is 17.2. The summed E-state index contributed by atoms with van der Waals surface area (Å²) in [6, 6.07) is 0. The van der Waals surface area contributed by atoms with Crippen molar-refractivity contribution in [1.82, 2.24) is 19.4 Å². The molecule has 0 saturated carbocycles. The minimum atomic E-state index is -0.272. The Labute approximate surface area is 172 Å². The van der Waals surface area contributed by atoms with Crippen LogP contribution in [0.3, 0.4) is 0 Å². The fraction of sp³-hybridized carbons (Fsp3) is 0.682. The molecule has 7 nitrogen and oxygen atoms in total. The van der Waals surface area contributed by atoms with E-state index in [4.69, 9.17) is 4.74 Å². The number of carbonyl (C=O) groups excluding carboxylic acids is 2. The van der Waals surface area contributed by atoms with Crippen LogP contribution in [-0.4, -0.2) is 69.6 Å². The molecular formula is C22H32N4O3. The number of likely N-dealkylation sites (tertiary alicyclic amines) is 1. The van der Waals surface area contributed by atoms with Crippen LogP contribution in [0.5, 0.6) is 0 Å². The van der Waals surface area contributed by atoms with Crippen molar-refractivity contribution in [3.63, 3.8) is 0 Å². The average molecular weight is 401 g/mol. The van der Waals surface area contributed by atoms with Crippen molar-refractivity contribution in [2.75, 3.05) is 32.8 Å². The Kier molecular flexibility index (Phi) is 6.33. The molecule has 2 aliphatic heterocycles. The number of imidazole rings is 1. The van der Waals surface area contributed by atoms with Gasteiger partial charge in [0, 0.05) is 57.5 Å². The quantitative estimate of drug-likeness (QED) is 0.711. The van der Waals surface area contributed by atoms with Gasteiger partial charge in [-0.05, 0) is 38.5 Å². The molecule has 0 radical (unpaired) electrons. The molecule has 3 aliphatic rings. The standard InChI is InChI=1S/C22H32N4O3/c27-20(7-4-11-24-14-10-23-18-24)25-12-8-22(9-13-25)17-26(15-16-29-22)21(28)19-5-2-1-3-6-19/h1-2,10,14,18-19H,3-9,11-13,15-17H2. The fourth-order valence-corrected chi connectivity index (χ4v) is 4.77. The number of aryl methyl sites for hydroxylation is 1. The van der Waals surface area contributed by atoms with Crippen molar-refractivity contribution < 1.29 is 14.3 Å². The summed E-state index contributed by atoms with van der Waals surface area (Å²) in [6.07, 6.45) is 15.6. The monoisotopic (exact) mass is 400 g/mol. The fourth-order valence-electron chi connectivity index (χ4n) is 4.77. The maximum Gasteiger partial charge on any atom is 0.226 e. The molecule has 1 unspecified atom stereocenters. The van der Waals surface area contributed by atoms with Gasteiger partial charge in [0.1, 0.15) is 0 Å². The van der Waals surface area contributed by atoms with E-state index in [-0.39, 0.29) is 23.3 Å². The molecule has 0 aromatic carbocycles. The summed E-state index contributed by atoms with van der Waals surface area (Å²) in [5.41, 5.74) is -0.272. The highest BCUT2D eigenvalue weighted by Gasteiger charge is 2.42. The zero-order chi connectivity index (χ0) is 20.1. The summed E-state index contributed by atoms with van der Waals surface area (Å²) in [5.74, 6) is 0.639. The maximum absolute atomic E-state index is 12.9. The second-order valence-electron chi connectivity index (χ2n) is 8.56. The second kappa shape index (κ2) is 9.11. The number of carbonyl (C=O) groups is 2. The van der Waals surface area contributed by atoms with Crippen molar-refractivity contribution >= 4 is 11.8 Å². The molecule has 158 valence electrons. The molecule has 1 atom stereocenters. The molecule has 1 aromatic heterocycles. The number of hydrogen-bond acceptors (Lipinski definition) is 4. The molecule has 3 heterocycles. The molecule has 0 bridgehead atoms. The average Bonchev–Trinajstić information content (AvgIpc) is 3.28. The highest BCUT2D eigenvalue weighted by molar-refractivity contribution is 5.79. The van der Waals surface area contributed by atoms with Crippen LogP contribution in [0.15, 0.2) is 30.9 Å². The Morgan fingerprint density at radius 2 is 2.00 bits per heavy atom. The summed E-state index contributed by atoms with van der Waals surface area (Å²) in [5, 5.41) is 0. The zero-order valence-corrected chi connectivity index (χ0v) is 17.2. The highest BCUT2D eigenvalue weighted by Crippen LogP contribution is 2.32. The third-order valence-electron chi connectivity index (χ3n) is 6.57. The molecule has 2 saturated heterocycles. The largest absolute Gasteiger partial charge is 0.371 e. The van der Waals surface area contributed by atoms with E-state index >= 15 is 0 Å². The molecule has 4 rings (SSSR count). The lowest BCUT2D eigenvalue weighted by Gasteiger charge is -2.48. The van der Waals surface area contributed by atoms with Gasteiger partial charge in [0.05, 0.1) is 18.5 Å². The Morgan fingerprint density at radius 3 is 2.72 bits per heavy atom. The number of morpholine rings is 1. The van der Waals surface area contributed by atoms with Gasteiger partial charge in [-0.15, -0.1) is 0 Å². The van der Waals surface area contributed by atoms with Gasteiger partial charge in [0.25, 0.3) is 0 Å². The predicted molar refractivity (Wildman–Crippen MR) is 109 cm³/mol. The smallest absolute Gasteiger partial charge is 0.226 e. The van der Waals surface area contributed by atoms with E-state index in [9.17, 15) is 9.59 Å². The molecule has 2 fully saturated rings. The molecule has 0 N–H and O–H groups in total. The van der Waals surface area contributed by atoms with E-state index in [0.29, 0.717) is 26.1 Å². The first-order chi connectivity index (χ1) is 14.2. The van der Waals surface area contributed by atoms with E-state index in [1.807, 2.05) is 20.6 Å². The first-order valence-corrected chi connectivity index (χ1v) is 11.0. The van der Waals surface area contributed by atoms with Crippen LogP contribution in [0.2, 0.25) is 0 Å². The normalized spacial score (nSPS) is 24.1. The Bertz CT molecular complexity index is 722. The van der Waals surface area contributed by atoms with Crippen molar-refractivity contribution in [3.05, 3.63) is 30.9 Å². The number of rotatable bonds is 5. The van der Waals surface area contributed by atoms with Gasteiger partial charge in [0.2, 0.25) is 11.8 Å². The minimum Gasteiger partial charge on any atom is -0.371 e. The lowest BCUT2D eigenvalue weighted by atomic mass is 9.87. The molecule has 1 aromatic rings. The molecule has 2 amide bonds. The lowest BCUT2D eigenvalue weighted by molar-refractivity contribution is -0.166. The van der Waals surface area contributed by atoms with E-state index in [2.05, 4.69) is 17.1 Å². The highest BCUT2D eigenvalue weighted by atomic mass is 16.5. The van der Waals surface area contributed by atoms with Gasteiger partial charge in [-0.1, -0.05) is 12.2 Å². The van der Waals surface area contributed by atoms with Crippen LogP contribution in [0.1, 0.15) is 44.9 Å². The molecule has 7 heteroatoms. The maximum atomic E-state index is 12.9. The van der Waals surface area contributed by atoms with Crippen LogP contribution in [-0.2, 0) is 20.9 Å². The third kappa shape index (κ3) is 4.89. The second-order valence-corrected chi connectivity index (χ2v) is 8.56. The molecule has 1 spiro atoms. The number of hydrogen-bond donors (Lipinski definition) is 0. The van der Waals surface area contributed by atoms with E-state index in [1.165, 1.54) is 0 Å². The SMILES string of the molecule is O=C(CCCn1ccnc1)N1CCC2(CC1)CN(C(=O)C1CC=CCC1)CCO2. The number of nitrogens with zero attached hydrogens (tertiary/aromatic N) is 4. The van der Waals surface area contributed by atoms with Crippen LogP contribution in [0.25, 0.3) is 0 Å². The van der Waals surface area contributed by atoms with Crippen LogP contribution in [0.4, 0.5) is 0 Å². The van der Waals surface area contributed by atoms with Crippen LogP contribution < -0.4 is 0 Å². The van der Waals surface area contributed by atoms with E-state index in [1.54, 1.807) is 12.5 Å². The number of piperidine rings is 1. The van der Waals surface area contributed by atoms with Crippen molar-refractivity contribution in [2.45, 2.75) is 57.1 Å². The van der Waals surface area contributed by atoms with Gasteiger partial charge in [-0.25, -0.2) is 4.98 Å². The van der Waals surface area contributed by atoms with Gasteiger partial charge in [0.15, 0.2) is 0 Å². The Morgan fingerprint density at radius 1 is 1.14 bits per heavy atom. The number of aromatic nitrogens is 2. The molecule has 29 heavy (non-hydrogen) atoms. The molecular weight excluding hydrogens is 368 g/mol. The van der Waals surface area contributed by atoms with Crippen LogP contribution >= 0.6 is 0 Å². The first kappa shape index (κ1) is 20.1. The summed E-state index contributed by atoms with van der Waals surface area (Å²) >= 11 is 0. The topological polar surface area (TPSA) is 67.7 Å². The van der Waals surface area contributed by atoms with Crippen molar-refractivity contribution in [2.24, 2.45) is 5.92 Å². The summed E-state index contributed by atoms with van der Waals surface area (Å²) in [4.78, 5) is 33.5. The van der Waals surface area contributed by atoms with Gasteiger partial charge >= 0.3 is 0 Å². The van der Waals surface area contributed by atoms with Crippen molar-refractivity contribution in [3.8, 4) is 0 Å². The van der Waals surface area contributed by atoms with Crippen molar-refractivity contribution in [1.29, 1.82) is 0 Å². The van der Waals surface area contributed by atoms with Crippen LogP contribution in [0, 0.1) is 5.92 Å². The summed E-state index contributed by atoms with van der Waals surface area (Å²) < 4.78 is 8.18. The van der Waals surface area contributed by atoms with E-state index in [0.717, 1.165) is 58.2 Å². The van der Waals surface area contributed by atoms with E-state index < -0.39 is 0 Å². The number of ether oxygens (including phenoxy) is 1. The van der Waals surface area contributed by atoms with Gasteiger partial charge < -0.3 is 19.1 Å². The first-order valence-electron chi connectivity index (χ1n) is 11.0. The third-order valence-corrected chi connectivity index (χ3v) is 6.57. The Balaban J connectivity index is 1.24. The lowest BCUT2D eigenvalue weighted by Crippen LogP contribution is -2.59. The van der Waals surface area contributed by atoms with Gasteiger partial charge in [-0.2, -0.15) is 0 Å². The number of allylic oxidation sites excluding steroid dienone is 2. The predicted octanol–water partition coefficient (Wildman–Crippen LogP) is 2.24. The van der Waals surface area contributed by atoms with Gasteiger partial charge in [-0.3, -0.25) is 9.59 Å². The Hall–Kier alpha value is -2.15. The number of amides is 2. The summed E-state index contributed by atoms with van der Waals surface area (Å²) in [7, 11) is 0.